The molecule has 126 valence electrons. The van der Waals surface area contributed by atoms with Crippen LogP contribution in [0.2, 0.25) is 0 Å². The number of non-ortho nitro benzene ring substituents is 1. The number of hydrogen-bond donors (Lipinski definition) is 1. The molecule has 0 radical (unpaired) electrons. The van der Waals surface area contributed by atoms with Gasteiger partial charge in [-0.3, -0.25) is 19.8 Å². The number of carbonyl (C=O) groups is 2. The number of thioether (sulfide) groups is 1. The first-order valence-corrected chi connectivity index (χ1v) is 8.19. The number of nitro groups is 1. The fourth-order valence-electron chi connectivity index (χ4n) is 2.26. The summed E-state index contributed by atoms with van der Waals surface area (Å²) in [5.74, 6) is -1.42. The van der Waals surface area contributed by atoms with E-state index in [0.29, 0.717) is 10.5 Å². The SMILES string of the molecule is CC(C)C(C(=O)O)N1C(=O)S/C(=C/c2ccc([N+](=O)[O-])cc2)C1=S. The molecule has 1 aromatic carbocycles. The molecule has 9 heteroatoms. The van der Waals surface area contributed by atoms with E-state index in [1.54, 1.807) is 32.1 Å². The third kappa shape index (κ3) is 3.62. The van der Waals surface area contributed by atoms with Gasteiger partial charge in [-0.2, -0.15) is 0 Å². The molecular weight excluding hydrogens is 352 g/mol. The zero-order valence-corrected chi connectivity index (χ0v) is 14.5. The molecule has 0 aromatic heterocycles. The second-order valence-electron chi connectivity index (χ2n) is 5.43. The monoisotopic (exact) mass is 366 g/mol. The normalized spacial score (nSPS) is 17.6. The van der Waals surface area contributed by atoms with Gasteiger partial charge in [-0.15, -0.1) is 0 Å². The van der Waals surface area contributed by atoms with Crippen LogP contribution in [0, 0.1) is 16.0 Å². The number of nitro benzene ring substituents is 1. The van der Waals surface area contributed by atoms with E-state index in [2.05, 4.69) is 0 Å². The molecule has 1 aliphatic rings. The number of carboxylic acids is 1. The van der Waals surface area contributed by atoms with Crippen LogP contribution in [0.1, 0.15) is 19.4 Å². The van der Waals surface area contributed by atoms with Gasteiger partial charge in [-0.25, -0.2) is 4.79 Å². The van der Waals surface area contributed by atoms with E-state index in [1.165, 1.54) is 12.1 Å². The number of rotatable bonds is 5. The first kappa shape index (κ1) is 18.1. The quantitative estimate of drug-likeness (QED) is 0.368. The van der Waals surface area contributed by atoms with E-state index >= 15 is 0 Å². The Bertz CT molecular complexity index is 743. The summed E-state index contributed by atoms with van der Waals surface area (Å²) in [6.07, 6.45) is 1.62. The Kier molecular flexibility index (Phi) is 5.35. The first-order chi connectivity index (χ1) is 11.2. The van der Waals surface area contributed by atoms with Gasteiger partial charge in [-0.1, -0.05) is 26.1 Å². The van der Waals surface area contributed by atoms with Gasteiger partial charge < -0.3 is 5.11 Å². The van der Waals surface area contributed by atoms with Crippen molar-refractivity contribution in [2.45, 2.75) is 19.9 Å². The first-order valence-electron chi connectivity index (χ1n) is 6.96. The molecule has 1 N–H and O–H groups in total. The topological polar surface area (TPSA) is 101 Å². The minimum absolute atomic E-state index is 0.0396. The largest absolute Gasteiger partial charge is 0.480 e. The zero-order chi connectivity index (χ0) is 18.0. The minimum Gasteiger partial charge on any atom is -0.480 e. The van der Waals surface area contributed by atoms with Crippen LogP contribution in [0.4, 0.5) is 10.5 Å². The lowest BCUT2D eigenvalue weighted by molar-refractivity contribution is -0.384. The summed E-state index contributed by atoms with van der Waals surface area (Å²) >= 11 is 6.12. The molecule has 1 heterocycles. The second-order valence-corrected chi connectivity index (χ2v) is 6.81. The molecule has 0 aliphatic carbocycles. The minimum atomic E-state index is -1.11. The summed E-state index contributed by atoms with van der Waals surface area (Å²) < 4.78 is 0. The van der Waals surface area contributed by atoms with Crippen molar-refractivity contribution in [1.82, 2.24) is 4.90 Å². The number of benzene rings is 1. The number of amides is 1. The molecule has 7 nitrogen and oxygen atoms in total. The van der Waals surface area contributed by atoms with E-state index in [1.807, 2.05) is 0 Å². The number of hydrogen-bond acceptors (Lipinski definition) is 6. The molecule has 0 saturated carbocycles. The number of carbonyl (C=O) groups excluding carboxylic acids is 1. The van der Waals surface area contributed by atoms with Crippen molar-refractivity contribution in [3.8, 4) is 0 Å². The van der Waals surface area contributed by atoms with Crippen LogP contribution in [0.25, 0.3) is 6.08 Å². The average Bonchev–Trinajstić information content (AvgIpc) is 2.75. The van der Waals surface area contributed by atoms with E-state index < -0.39 is 22.2 Å². The van der Waals surface area contributed by atoms with Crippen molar-refractivity contribution in [3.63, 3.8) is 0 Å². The Morgan fingerprint density at radius 3 is 2.42 bits per heavy atom. The summed E-state index contributed by atoms with van der Waals surface area (Å²) in [7, 11) is 0. The Balaban J connectivity index is 2.30. The summed E-state index contributed by atoms with van der Waals surface area (Å²) in [6, 6.07) is 4.75. The smallest absolute Gasteiger partial charge is 0.327 e. The Hall–Kier alpha value is -2.26. The lowest BCUT2D eigenvalue weighted by Crippen LogP contribution is -2.46. The highest BCUT2D eigenvalue weighted by atomic mass is 32.2. The summed E-state index contributed by atoms with van der Waals surface area (Å²) in [5, 5.41) is 19.6. The Labute approximate surface area is 147 Å². The molecule has 0 spiro atoms. The molecule has 1 unspecified atom stereocenters. The van der Waals surface area contributed by atoms with Crippen LogP contribution in [-0.2, 0) is 4.79 Å². The van der Waals surface area contributed by atoms with E-state index in [-0.39, 0.29) is 16.6 Å². The molecule has 1 atom stereocenters. The van der Waals surface area contributed by atoms with Gasteiger partial charge in [-0.05, 0) is 41.5 Å². The predicted octanol–water partition coefficient (Wildman–Crippen LogP) is 3.54. The molecule has 0 bridgehead atoms. The van der Waals surface area contributed by atoms with E-state index in [9.17, 15) is 24.8 Å². The second kappa shape index (κ2) is 7.10. The predicted molar refractivity (Wildman–Crippen MR) is 94.8 cm³/mol. The lowest BCUT2D eigenvalue weighted by atomic mass is 10.0. The Morgan fingerprint density at radius 2 is 1.96 bits per heavy atom. The van der Waals surface area contributed by atoms with E-state index in [4.69, 9.17) is 12.2 Å². The van der Waals surface area contributed by atoms with Crippen LogP contribution in [0.15, 0.2) is 29.2 Å². The van der Waals surface area contributed by atoms with Gasteiger partial charge in [0.15, 0.2) is 0 Å². The van der Waals surface area contributed by atoms with Crippen molar-refractivity contribution in [2.24, 2.45) is 5.92 Å². The fraction of sp³-hybridized carbons (Fsp3) is 0.267. The van der Waals surface area contributed by atoms with Gasteiger partial charge in [0, 0.05) is 12.1 Å². The van der Waals surface area contributed by atoms with Crippen molar-refractivity contribution in [1.29, 1.82) is 0 Å². The van der Waals surface area contributed by atoms with Crippen molar-refractivity contribution in [3.05, 3.63) is 44.8 Å². The van der Waals surface area contributed by atoms with Gasteiger partial charge in [0.2, 0.25) is 0 Å². The highest BCUT2D eigenvalue weighted by Crippen LogP contribution is 2.36. The standard InChI is InChI=1S/C15H14N2O5S2/c1-8(2)12(14(18)19)16-13(23)11(24-15(16)20)7-9-3-5-10(6-4-9)17(21)22/h3-8,12H,1-2H3,(H,18,19)/b11-7+. The van der Waals surface area contributed by atoms with Crippen LogP contribution in [0.3, 0.4) is 0 Å². The molecular formula is C15H14N2O5S2. The number of carboxylic acid groups (broad SMARTS) is 1. The van der Waals surface area contributed by atoms with Crippen LogP contribution in [0.5, 0.6) is 0 Å². The van der Waals surface area contributed by atoms with Crippen molar-refractivity contribution < 1.29 is 19.6 Å². The van der Waals surface area contributed by atoms with Gasteiger partial charge in [0.05, 0.1) is 9.83 Å². The third-order valence-corrected chi connectivity index (χ3v) is 4.84. The van der Waals surface area contributed by atoms with Crippen molar-refractivity contribution in [2.75, 3.05) is 0 Å². The van der Waals surface area contributed by atoms with Gasteiger partial charge in [0.25, 0.3) is 10.9 Å². The third-order valence-electron chi connectivity index (χ3n) is 3.39. The number of aliphatic carboxylic acids is 1. The van der Waals surface area contributed by atoms with Crippen molar-refractivity contribution >= 4 is 51.9 Å². The number of thiocarbonyl (C=S) groups is 1. The lowest BCUT2D eigenvalue weighted by Gasteiger charge is -2.26. The highest BCUT2D eigenvalue weighted by Gasteiger charge is 2.41. The maximum atomic E-state index is 12.2. The molecule has 24 heavy (non-hydrogen) atoms. The summed E-state index contributed by atoms with van der Waals surface area (Å²) in [4.78, 5) is 35.5. The summed E-state index contributed by atoms with van der Waals surface area (Å²) in [6.45, 7) is 3.41. The van der Waals surface area contributed by atoms with Crippen LogP contribution >= 0.6 is 24.0 Å². The molecule has 1 saturated heterocycles. The zero-order valence-electron chi connectivity index (χ0n) is 12.8. The molecule has 2 rings (SSSR count). The number of nitrogens with zero attached hydrogens (tertiary/aromatic N) is 2. The van der Waals surface area contributed by atoms with Crippen LogP contribution in [-0.4, -0.2) is 37.2 Å². The molecule has 1 amide bonds. The molecule has 1 aromatic rings. The summed E-state index contributed by atoms with van der Waals surface area (Å²) in [5.41, 5.74) is 0.596. The molecule has 1 fully saturated rings. The van der Waals surface area contributed by atoms with Crippen LogP contribution < -0.4 is 0 Å². The van der Waals surface area contributed by atoms with E-state index in [0.717, 1.165) is 16.7 Å². The van der Waals surface area contributed by atoms with Gasteiger partial charge in [0.1, 0.15) is 11.0 Å². The highest BCUT2D eigenvalue weighted by molar-refractivity contribution is 8.19. The van der Waals surface area contributed by atoms with Gasteiger partial charge >= 0.3 is 5.97 Å². The average molecular weight is 366 g/mol. The Morgan fingerprint density at radius 1 is 1.38 bits per heavy atom. The fourth-order valence-corrected chi connectivity index (χ4v) is 3.57. The maximum Gasteiger partial charge on any atom is 0.327 e. The maximum absolute atomic E-state index is 12.2. The molecule has 1 aliphatic heterocycles.